The summed E-state index contributed by atoms with van der Waals surface area (Å²) in [4.78, 5) is 0. The molecule has 1 N–H and O–H groups in total. The van der Waals surface area contributed by atoms with E-state index in [2.05, 4.69) is 18.3 Å². The Morgan fingerprint density at radius 2 is 1.95 bits per heavy atom. The molecule has 20 heavy (non-hydrogen) atoms. The maximum atomic E-state index is 13.8. The minimum absolute atomic E-state index is 0.225. The highest BCUT2D eigenvalue weighted by Crippen LogP contribution is 2.17. The lowest BCUT2D eigenvalue weighted by molar-refractivity contribution is 0.299. The van der Waals surface area contributed by atoms with Crippen LogP contribution in [0.15, 0.2) is 42.5 Å². The summed E-state index contributed by atoms with van der Waals surface area (Å²) in [6.07, 6.45) is 0.962. The Labute approximate surface area is 119 Å². The van der Waals surface area contributed by atoms with E-state index in [4.69, 9.17) is 4.74 Å². The van der Waals surface area contributed by atoms with Gasteiger partial charge in [-0.15, -0.1) is 0 Å². The average molecular weight is 273 g/mol. The zero-order valence-electron chi connectivity index (χ0n) is 11.9. The van der Waals surface area contributed by atoms with Crippen molar-refractivity contribution in [2.45, 2.75) is 26.5 Å². The first kappa shape index (κ1) is 14.5. The number of ether oxygens (including phenoxy) is 1. The fourth-order valence-electron chi connectivity index (χ4n) is 2.07. The third kappa shape index (κ3) is 3.81. The molecule has 2 aromatic rings. The second-order valence-electron chi connectivity index (χ2n) is 4.75. The fraction of sp³-hybridized carbons (Fsp3) is 0.294. The Kier molecular flexibility index (Phi) is 5.13. The van der Waals surface area contributed by atoms with Gasteiger partial charge in [0.05, 0.1) is 0 Å². The van der Waals surface area contributed by atoms with Crippen molar-refractivity contribution in [3.8, 4) is 5.75 Å². The van der Waals surface area contributed by atoms with Gasteiger partial charge in [0.25, 0.3) is 0 Å². The Morgan fingerprint density at radius 1 is 1.10 bits per heavy atom. The Morgan fingerprint density at radius 3 is 2.70 bits per heavy atom. The van der Waals surface area contributed by atoms with Gasteiger partial charge in [0.15, 0.2) is 0 Å². The molecule has 0 bridgehead atoms. The van der Waals surface area contributed by atoms with Crippen molar-refractivity contribution in [2.24, 2.45) is 0 Å². The lowest BCUT2D eigenvalue weighted by Gasteiger charge is -2.10. The van der Waals surface area contributed by atoms with E-state index in [9.17, 15) is 4.39 Å². The van der Waals surface area contributed by atoms with Gasteiger partial charge in [-0.05, 0) is 48.9 Å². The minimum atomic E-state index is -0.225. The van der Waals surface area contributed by atoms with E-state index in [1.54, 1.807) is 6.07 Å². The molecule has 0 saturated carbocycles. The third-order valence-corrected chi connectivity index (χ3v) is 3.19. The number of aryl methyl sites for hydroxylation is 1. The van der Waals surface area contributed by atoms with Crippen LogP contribution >= 0.6 is 0 Å². The number of halogens is 1. The fourth-order valence-corrected chi connectivity index (χ4v) is 2.07. The van der Waals surface area contributed by atoms with E-state index in [0.717, 1.165) is 24.3 Å². The first-order valence-electron chi connectivity index (χ1n) is 6.86. The first-order chi connectivity index (χ1) is 9.72. The molecule has 0 fully saturated rings. The van der Waals surface area contributed by atoms with Crippen molar-refractivity contribution in [3.63, 3.8) is 0 Å². The number of rotatable bonds is 6. The second kappa shape index (κ2) is 7.06. The lowest BCUT2D eigenvalue weighted by atomic mass is 10.1. The van der Waals surface area contributed by atoms with E-state index in [1.165, 1.54) is 11.6 Å². The Bertz CT molecular complexity index is 569. The molecule has 2 nitrogen and oxygen atoms in total. The first-order valence-corrected chi connectivity index (χ1v) is 6.86. The summed E-state index contributed by atoms with van der Waals surface area (Å²) in [5.41, 5.74) is 2.85. The van der Waals surface area contributed by atoms with Crippen LogP contribution in [0.25, 0.3) is 0 Å². The zero-order chi connectivity index (χ0) is 14.4. The molecule has 106 valence electrons. The summed E-state index contributed by atoms with van der Waals surface area (Å²) in [5.74, 6) is 0.555. The minimum Gasteiger partial charge on any atom is -0.489 e. The molecule has 2 rings (SSSR count). The molecular weight excluding hydrogens is 253 g/mol. The standard InChI is InChI=1S/C17H20FNO/c1-3-13-5-4-6-16(10-13)20-12-15-9-14(11-19-2)7-8-17(15)18/h4-10,19H,3,11-12H2,1-2H3. The highest BCUT2D eigenvalue weighted by molar-refractivity contribution is 5.30. The predicted octanol–water partition coefficient (Wildman–Crippen LogP) is 3.69. The van der Waals surface area contributed by atoms with Crippen LogP contribution in [-0.4, -0.2) is 7.05 Å². The summed E-state index contributed by atoms with van der Waals surface area (Å²) in [7, 11) is 1.87. The number of hydrogen-bond acceptors (Lipinski definition) is 2. The summed E-state index contributed by atoms with van der Waals surface area (Å²) in [6.45, 7) is 3.06. The van der Waals surface area contributed by atoms with Crippen molar-refractivity contribution in [2.75, 3.05) is 7.05 Å². The van der Waals surface area contributed by atoms with Crippen molar-refractivity contribution < 1.29 is 9.13 Å². The van der Waals surface area contributed by atoms with Crippen LogP contribution in [-0.2, 0) is 19.6 Å². The molecule has 0 aliphatic heterocycles. The molecule has 0 saturated heterocycles. The van der Waals surface area contributed by atoms with E-state index in [1.807, 2.05) is 31.3 Å². The van der Waals surface area contributed by atoms with Gasteiger partial charge in [0, 0.05) is 12.1 Å². The second-order valence-corrected chi connectivity index (χ2v) is 4.75. The predicted molar refractivity (Wildman–Crippen MR) is 79.3 cm³/mol. The van der Waals surface area contributed by atoms with Gasteiger partial charge in [0.2, 0.25) is 0 Å². The van der Waals surface area contributed by atoms with Gasteiger partial charge in [-0.1, -0.05) is 25.1 Å². The molecular formula is C17H20FNO. The largest absolute Gasteiger partial charge is 0.489 e. The van der Waals surface area contributed by atoms with Gasteiger partial charge < -0.3 is 10.1 Å². The maximum absolute atomic E-state index is 13.8. The quantitative estimate of drug-likeness (QED) is 0.866. The molecule has 2 aromatic carbocycles. The third-order valence-electron chi connectivity index (χ3n) is 3.19. The normalized spacial score (nSPS) is 10.6. The van der Waals surface area contributed by atoms with Crippen LogP contribution in [0.4, 0.5) is 4.39 Å². The van der Waals surface area contributed by atoms with Crippen LogP contribution < -0.4 is 10.1 Å². The SMILES string of the molecule is CCc1cccc(OCc2cc(CNC)ccc2F)c1. The molecule has 0 aromatic heterocycles. The van der Waals surface area contributed by atoms with Crippen LogP contribution in [0, 0.1) is 5.82 Å². The number of nitrogens with one attached hydrogen (secondary N) is 1. The molecule has 0 unspecified atom stereocenters. The zero-order valence-corrected chi connectivity index (χ0v) is 11.9. The van der Waals surface area contributed by atoms with Crippen LogP contribution in [0.1, 0.15) is 23.6 Å². The molecule has 0 heterocycles. The van der Waals surface area contributed by atoms with E-state index >= 15 is 0 Å². The highest BCUT2D eigenvalue weighted by atomic mass is 19.1. The van der Waals surface area contributed by atoms with E-state index in [0.29, 0.717) is 5.56 Å². The smallest absolute Gasteiger partial charge is 0.129 e. The van der Waals surface area contributed by atoms with Crippen molar-refractivity contribution in [1.29, 1.82) is 0 Å². The van der Waals surface area contributed by atoms with Crippen molar-refractivity contribution in [3.05, 3.63) is 65.0 Å². The molecule has 0 aliphatic carbocycles. The van der Waals surface area contributed by atoms with Gasteiger partial charge in [-0.3, -0.25) is 0 Å². The number of benzene rings is 2. The van der Waals surface area contributed by atoms with Crippen LogP contribution in [0.5, 0.6) is 5.75 Å². The summed E-state index contributed by atoms with van der Waals surface area (Å²) >= 11 is 0. The monoisotopic (exact) mass is 273 g/mol. The molecule has 3 heteroatoms. The van der Waals surface area contributed by atoms with Gasteiger partial charge in [-0.25, -0.2) is 4.39 Å². The van der Waals surface area contributed by atoms with Gasteiger partial charge in [0.1, 0.15) is 18.2 Å². The molecule has 0 spiro atoms. The topological polar surface area (TPSA) is 21.3 Å². The summed E-state index contributed by atoms with van der Waals surface area (Å²) in [5, 5.41) is 3.06. The van der Waals surface area contributed by atoms with E-state index in [-0.39, 0.29) is 12.4 Å². The van der Waals surface area contributed by atoms with Crippen molar-refractivity contribution >= 4 is 0 Å². The highest BCUT2D eigenvalue weighted by Gasteiger charge is 2.05. The summed E-state index contributed by atoms with van der Waals surface area (Å²) < 4.78 is 19.4. The lowest BCUT2D eigenvalue weighted by Crippen LogP contribution is -2.07. The maximum Gasteiger partial charge on any atom is 0.129 e. The van der Waals surface area contributed by atoms with Crippen LogP contribution in [0.2, 0.25) is 0 Å². The van der Waals surface area contributed by atoms with Gasteiger partial charge >= 0.3 is 0 Å². The van der Waals surface area contributed by atoms with Crippen LogP contribution in [0.3, 0.4) is 0 Å². The number of hydrogen-bond donors (Lipinski definition) is 1. The molecule has 0 aliphatic rings. The van der Waals surface area contributed by atoms with Crippen molar-refractivity contribution in [1.82, 2.24) is 5.32 Å². The molecule has 0 radical (unpaired) electrons. The van der Waals surface area contributed by atoms with E-state index < -0.39 is 0 Å². The summed E-state index contributed by atoms with van der Waals surface area (Å²) in [6, 6.07) is 13.0. The molecule has 0 atom stereocenters. The Hall–Kier alpha value is -1.87. The average Bonchev–Trinajstić information content (AvgIpc) is 2.48. The Balaban J connectivity index is 2.07. The molecule has 0 amide bonds. The van der Waals surface area contributed by atoms with Gasteiger partial charge in [-0.2, -0.15) is 0 Å².